The maximum Gasteiger partial charge on any atom is 0.246 e. The van der Waals surface area contributed by atoms with E-state index < -0.39 is 29.6 Å². The number of carbonyl (C=O) groups is 3. The van der Waals surface area contributed by atoms with Crippen LogP contribution in [0.4, 0.5) is 5.69 Å². The summed E-state index contributed by atoms with van der Waals surface area (Å²) in [6.45, 7) is 9.67. The standard InChI is InChI=1S/C32H44N4O4/c1-20-9-7-11-23(19-20)33-29(37)26-25-13-14-32(40-25)27(26)31(39)36(18-17-35-15-5-4-6-16-35)28(32)30(38)34-24-12-8-10-21(2)22(24)3/h7,9,11,13-14,19,21-22,24-28H,4-6,8,10,12,15-18H2,1-3H3,(H,33,37)(H,34,38)/t21?,22?,24?,25-,26?,27-,28?,32?/m0/s1. The smallest absolute Gasteiger partial charge is 0.246 e. The number of rotatable bonds is 7. The van der Waals surface area contributed by atoms with Crippen LogP contribution in [0.5, 0.6) is 0 Å². The van der Waals surface area contributed by atoms with Gasteiger partial charge in [0.2, 0.25) is 17.7 Å². The minimum atomic E-state index is -1.12. The molecule has 0 aromatic heterocycles. The van der Waals surface area contributed by atoms with E-state index in [4.69, 9.17) is 4.74 Å². The van der Waals surface area contributed by atoms with Crippen LogP contribution in [0.15, 0.2) is 36.4 Å². The summed E-state index contributed by atoms with van der Waals surface area (Å²) in [6.07, 6.45) is 10.1. The number of aryl methyl sites for hydroxylation is 1. The van der Waals surface area contributed by atoms with Gasteiger partial charge in [-0.15, -0.1) is 0 Å². The van der Waals surface area contributed by atoms with Crippen molar-refractivity contribution in [2.75, 3.05) is 31.5 Å². The Morgan fingerprint density at radius 3 is 2.62 bits per heavy atom. The van der Waals surface area contributed by atoms with E-state index in [9.17, 15) is 14.4 Å². The number of fused-ring (bicyclic) bond motifs is 1. The molecule has 6 unspecified atom stereocenters. The molecule has 4 aliphatic heterocycles. The lowest BCUT2D eigenvalue weighted by Crippen LogP contribution is -2.58. The highest BCUT2D eigenvalue weighted by Gasteiger charge is 2.72. The van der Waals surface area contributed by atoms with Gasteiger partial charge >= 0.3 is 0 Å². The number of ether oxygens (including phenoxy) is 1. The SMILES string of the molecule is Cc1cccc(NC(=O)C2[C@@H]3C=CC4(O3)C(C(=O)NC3CCCC(C)C3C)N(CCN3CCCCC3)C(=O)[C@H]24)c1. The van der Waals surface area contributed by atoms with Crippen LogP contribution < -0.4 is 10.6 Å². The molecule has 8 heteroatoms. The fraction of sp³-hybridized carbons (Fsp3) is 0.656. The van der Waals surface area contributed by atoms with Crippen molar-refractivity contribution in [3.8, 4) is 0 Å². The number of nitrogens with zero attached hydrogens (tertiary/aromatic N) is 2. The first-order valence-corrected chi connectivity index (χ1v) is 15.4. The largest absolute Gasteiger partial charge is 0.359 e. The zero-order valence-electron chi connectivity index (χ0n) is 24.1. The van der Waals surface area contributed by atoms with Crippen molar-refractivity contribution in [2.24, 2.45) is 23.7 Å². The first kappa shape index (κ1) is 27.5. The van der Waals surface area contributed by atoms with E-state index in [1.54, 1.807) is 4.90 Å². The average Bonchev–Trinajstić information content (AvgIpc) is 3.58. The zero-order chi connectivity index (χ0) is 28.0. The molecule has 0 radical (unpaired) electrons. The molecule has 1 aromatic carbocycles. The minimum absolute atomic E-state index is 0.0775. The van der Waals surface area contributed by atoms with E-state index in [2.05, 4.69) is 29.4 Å². The first-order chi connectivity index (χ1) is 19.3. The molecule has 1 aliphatic carbocycles. The Hall–Kier alpha value is -2.71. The Balaban J connectivity index is 1.27. The second-order valence-corrected chi connectivity index (χ2v) is 12.9. The van der Waals surface area contributed by atoms with E-state index in [1.165, 1.54) is 12.8 Å². The molecule has 8 atom stereocenters. The lowest BCUT2D eigenvalue weighted by Gasteiger charge is -2.38. The molecule has 2 bridgehead atoms. The molecule has 8 nitrogen and oxygen atoms in total. The maximum atomic E-state index is 14.2. The summed E-state index contributed by atoms with van der Waals surface area (Å²) < 4.78 is 6.53. The van der Waals surface area contributed by atoms with Crippen molar-refractivity contribution in [1.29, 1.82) is 0 Å². The van der Waals surface area contributed by atoms with Crippen molar-refractivity contribution in [3.63, 3.8) is 0 Å². The van der Waals surface area contributed by atoms with Gasteiger partial charge in [-0.05, 0) is 68.8 Å². The molecule has 4 fully saturated rings. The summed E-state index contributed by atoms with van der Waals surface area (Å²) in [7, 11) is 0. The molecule has 4 heterocycles. The van der Waals surface area contributed by atoms with Crippen LogP contribution in [0.3, 0.4) is 0 Å². The normalized spacial score (nSPS) is 37.0. The summed E-state index contributed by atoms with van der Waals surface area (Å²) in [6, 6.07) is 6.95. The number of nitrogens with one attached hydrogen (secondary N) is 2. The molecular weight excluding hydrogens is 504 g/mol. The van der Waals surface area contributed by atoms with Crippen LogP contribution >= 0.6 is 0 Å². The average molecular weight is 549 g/mol. The van der Waals surface area contributed by atoms with E-state index in [1.807, 2.05) is 43.3 Å². The third kappa shape index (κ3) is 4.77. The number of likely N-dealkylation sites (tertiary alicyclic amines) is 2. The molecule has 1 spiro atoms. The number of hydrogen-bond acceptors (Lipinski definition) is 5. The summed E-state index contributed by atoms with van der Waals surface area (Å²) in [4.78, 5) is 46.2. The van der Waals surface area contributed by atoms with Crippen molar-refractivity contribution in [3.05, 3.63) is 42.0 Å². The lowest BCUT2D eigenvalue weighted by atomic mass is 9.73. The van der Waals surface area contributed by atoms with Gasteiger partial charge in [-0.3, -0.25) is 14.4 Å². The summed E-state index contributed by atoms with van der Waals surface area (Å²) in [5.41, 5.74) is 0.626. The number of carbonyl (C=O) groups excluding carboxylic acids is 3. The molecule has 3 amide bonds. The molecule has 216 valence electrons. The van der Waals surface area contributed by atoms with E-state index in [-0.39, 0.29) is 23.8 Å². The minimum Gasteiger partial charge on any atom is -0.359 e. The van der Waals surface area contributed by atoms with Crippen molar-refractivity contribution in [1.82, 2.24) is 15.1 Å². The van der Waals surface area contributed by atoms with Crippen molar-refractivity contribution in [2.45, 2.75) is 83.1 Å². The Labute approximate surface area is 237 Å². The predicted molar refractivity (Wildman–Crippen MR) is 153 cm³/mol. The van der Waals surface area contributed by atoms with E-state index >= 15 is 0 Å². The third-order valence-electron chi connectivity index (χ3n) is 10.4. The second kappa shape index (κ2) is 10.9. The molecule has 2 N–H and O–H groups in total. The van der Waals surface area contributed by atoms with Gasteiger partial charge in [-0.25, -0.2) is 0 Å². The van der Waals surface area contributed by atoms with Crippen LogP contribution in [-0.2, 0) is 19.1 Å². The third-order valence-corrected chi connectivity index (χ3v) is 10.4. The Kier molecular flexibility index (Phi) is 7.51. The Morgan fingerprint density at radius 1 is 1.05 bits per heavy atom. The Morgan fingerprint density at radius 2 is 1.85 bits per heavy atom. The van der Waals surface area contributed by atoms with Crippen LogP contribution in [-0.4, -0.2) is 77.5 Å². The van der Waals surface area contributed by atoms with Crippen LogP contribution in [0.1, 0.15) is 57.9 Å². The monoisotopic (exact) mass is 548 g/mol. The van der Waals surface area contributed by atoms with E-state index in [0.29, 0.717) is 24.1 Å². The van der Waals surface area contributed by atoms with Gasteiger partial charge in [0.25, 0.3) is 0 Å². The van der Waals surface area contributed by atoms with Gasteiger partial charge in [0.15, 0.2) is 0 Å². The highest BCUT2D eigenvalue weighted by atomic mass is 16.5. The van der Waals surface area contributed by atoms with Gasteiger partial charge in [0.1, 0.15) is 11.6 Å². The zero-order valence-corrected chi connectivity index (χ0v) is 24.1. The van der Waals surface area contributed by atoms with Gasteiger partial charge in [0.05, 0.1) is 17.9 Å². The van der Waals surface area contributed by atoms with Crippen molar-refractivity contribution >= 4 is 23.4 Å². The topological polar surface area (TPSA) is 91.0 Å². The fourth-order valence-corrected chi connectivity index (χ4v) is 7.94. The summed E-state index contributed by atoms with van der Waals surface area (Å²) in [5.74, 6) is -1.00. The second-order valence-electron chi connectivity index (χ2n) is 12.9. The summed E-state index contributed by atoms with van der Waals surface area (Å²) >= 11 is 0. The number of benzene rings is 1. The molecule has 5 aliphatic rings. The van der Waals surface area contributed by atoms with Crippen molar-refractivity contribution < 1.29 is 19.1 Å². The van der Waals surface area contributed by atoms with Gasteiger partial charge in [-0.2, -0.15) is 0 Å². The van der Waals surface area contributed by atoms with Crippen LogP contribution in [0.2, 0.25) is 0 Å². The van der Waals surface area contributed by atoms with Gasteiger partial charge in [-0.1, -0.05) is 57.4 Å². The molecule has 1 saturated carbocycles. The highest BCUT2D eigenvalue weighted by molar-refractivity contribution is 6.02. The molecular formula is C32H44N4O4. The fourth-order valence-electron chi connectivity index (χ4n) is 7.94. The van der Waals surface area contributed by atoms with Gasteiger partial charge < -0.3 is 25.2 Å². The highest BCUT2D eigenvalue weighted by Crippen LogP contribution is 2.55. The maximum absolute atomic E-state index is 14.2. The molecule has 1 aromatic rings. The molecule has 6 rings (SSSR count). The quantitative estimate of drug-likeness (QED) is 0.509. The predicted octanol–water partition coefficient (Wildman–Crippen LogP) is 3.51. The first-order valence-electron chi connectivity index (χ1n) is 15.4. The number of anilines is 1. The molecule has 40 heavy (non-hydrogen) atoms. The number of amides is 3. The number of hydrogen-bond donors (Lipinski definition) is 2. The lowest BCUT2D eigenvalue weighted by molar-refractivity contribution is -0.142. The van der Waals surface area contributed by atoms with Gasteiger partial charge in [0, 0.05) is 24.8 Å². The van der Waals surface area contributed by atoms with Crippen LogP contribution in [0, 0.1) is 30.6 Å². The summed E-state index contributed by atoms with van der Waals surface area (Å²) in [5, 5.41) is 6.37. The van der Waals surface area contributed by atoms with Crippen LogP contribution in [0.25, 0.3) is 0 Å². The molecule has 3 saturated heterocycles. The number of piperidine rings is 1. The van der Waals surface area contributed by atoms with E-state index in [0.717, 1.165) is 50.9 Å². The Bertz CT molecular complexity index is 1180.